The zero-order chi connectivity index (χ0) is 22.8. The largest absolute Gasteiger partial charge is 0.452 e. The van der Waals surface area contributed by atoms with Crippen LogP contribution in [0.4, 0.5) is 20.6 Å². The summed E-state index contributed by atoms with van der Waals surface area (Å²) in [5.41, 5.74) is 3.23. The molecule has 0 bridgehead atoms. The molecular weight excluding hydrogens is 415 g/mol. The summed E-state index contributed by atoms with van der Waals surface area (Å²) in [6, 6.07) is 7.43. The molecule has 0 saturated heterocycles. The van der Waals surface area contributed by atoms with Crippen molar-refractivity contribution in [2.24, 2.45) is 0 Å². The molecule has 2 aromatic heterocycles. The molecule has 164 valence electrons. The van der Waals surface area contributed by atoms with Crippen molar-refractivity contribution in [3.8, 4) is 0 Å². The predicted molar refractivity (Wildman–Crippen MR) is 117 cm³/mol. The molecule has 0 fully saturated rings. The molecule has 32 heavy (non-hydrogen) atoms. The number of carbonyl (C=O) groups excluding carboxylic acids is 3. The van der Waals surface area contributed by atoms with E-state index in [0.717, 1.165) is 16.5 Å². The lowest BCUT2D eigenvalue weighted by molar-refractivity contribution is -0.143. The van der Waals surface area contributed by atoms with Crippen molar-refractivity contribution in [3.63, 3.8) is 0 Å². The highest BCUT2D eigenvalue weighted by Gasteiger charge is 2.24. The minimum absolute atomic E-state index is 0.311. The van der Waals surface area contributed by atoms with Crippen LogP contribution in [-0.4, -0.2) is 52.9 Å². The number of amides is 2. The minimum Gasteiger partial charge on any atom is -0.452 e. The SMILES string of the molecule is COC(=O)N(c1cccc(F)c1)c1cnc2[nH]cc(C3=CCN(C(=O)C(C)=O)CC3)c2c1. The second kappa shape index (κ2) is 8.62. The Morgan fingerprint density at radius 1 is 1.22 bits per heavy atom. The average Bonchev–Trinajstić information content (AvgIpc) is 3.22. The van der Waals surface area contributed by atoms with Crippen molar-refractivity contribution in [2.75, 3.05) is 25.1 Å². The Kier molecular flexibility index (Phi) is 5.72. The van der Waals surface area contributed by atoms with E-state index in [2.05, 4.69) is 9.97 Å². The fraction of sp³-hybridized carbons (Fsp3) is 0.217. The topological polar surface area (TPSA) is 95.6 Å². The van der Waals surface area contributed by atoms with Crippen LogP contribution in [0.3, 0.4) is 0 Å². The number of methoxy groups -OCH3 is 1. The highest BCUT2D eigenvalue weighted by atomic mass is 19.1. The van der Waals surface area contributed by atoms with Gasteiger partial charge in [0.25, 0.3) is 5.91 Å². The van der Waals surface area contributed by atoms with Crippen molar-refractivity contribution in [2.45, 2.75) is 13.3 Å². The highest BCUT2D eigenvalue weighted by molar-refractivity contribution is 6.35. The number of hydrogen-bond acceptors (Lipinski definition) is 5. The summed E-state index contributed by atoms with van der Waals surface area (Å²) in [5, 5.41) is 0.769. The molecule has 4 rings (SSSR count). The van der Waals surface area contributed by atoms with E-state index in [9.17, 15) is 18.8 Å². The number of rotatable bonds is 4. The van der Waals surface area contributed by atoms with E-state index in [1.165, 1.54) is 48.2 Å². The predicted octanol–water partition coefficient (Wildman–Crippen LogP) is 3.81. The number of halogens is 1. The van der Waals surface area contributed by atoms with Gasteiger partial charge in [0.15, 0.2) is 0 Å². The molecule has 0 saturated carbocycles. The van der Waals surface area contributed by atoms with Gasteiger partial charge in [0.05, 0.1) is 24.7 Å². The number of H-pyrrole nitrogens is 1. The molecule has 2 amide bonds. The zero-order valence-electron chi connectivity index (χ0n) is 17.6. The molecule has 0 unspecified atom stereocenters. The van der Waals surface area contributed by atoms with E-state index >= 15 is 0 Å². The summed E-state index contributed by atoms with van der Waals surface area (Å²) < 4.78 is 18.7. The number of nitrogens with zero attached hydrogens (tertiary/aromatic N) is 3. The number of fused-ring (bicyclic) bond motifs is 1. The summed E-state index contributed by atoms with van der Waals surface area (Å²) in [6.07, 6.45) is 5.13. The molecule has 3 heterocycles. The van der Waals surface area contributed by atoms with Gasteiger partial charge in [-0.15, -0.1) is 0 Å². The van der Waals surface area contributed by atoms with Crippen molar-refractivity contribution >= 4 is 45.8 Å². The fourth-order valence-corrected chi connectivity index (χ4v) is 3.77. The van der Waals surface area contributed by atoms with Crippen LogP contribution >= 0.6 is 0 Å². The summed E-state index contributed by atoms with van der Waals surface area (Å²) >= 11 is 0. The maximum atomic E-state index is 13.8. The number of aromatic amines is 1. The smallest absolute Gasteiger partial charge is 0.418 e. The molecular formula is C23H21FN4O4. The van der Waals surface area contributed by atoms with Gasteiger partial charge in [0.1, 0.15) is 11.5 Å². The fourth-order valence-electron chi connectivity index (χ4n) is 3.77. The van der Waals surface area contributed by atoms with Crippen LogP contribution in [0.1, 0.15) is 18.9 Å². The number of pyridine rings is 1. The molecule has 0 atom stereocenters. The van der Waals surface area contributed by atoms with Crippen molar-refractivity contribution in [1.82, 2.24) is 14.9 Å². The first-order valence-corrected chi connectivity index (χ1v) is 9.99. The number of carbonyl (C=O) groups is 3. The number of nitrogens with one attached hydrogen (secondary N) is 1. The molecule has 1 N–H and O–H groups in total. The first kappa shape index (κ1) is 21.2. The van der Waals surface area contributed by atoms with E-state index in [1.54, 1.807) is 12.1 Å². The summed E-state index contributed by atoms with van der Waals surface area (Å²) in [7, 11) is 1.25. The molecule has 1 aliphatic rings. The monoisotopic (exact) mass is 436 g/mol. The highest BCUT2D eigenvalue weighted by Crippen LogP contribution is 2.33. The van der Waals surface area contributed by atoms with E-state index in [0.29, 0.717) is 36.5 Å². The number of anilines is 2. The van der Waals surface area contributed by atoms with E-state index in [-0.39, 0.29) is 0 Å². The summed E-state index contributed by atoms with van der Waals surface area (Å²) in [5.74, 6) is -1.46. The van der Waals surface area contributed by atoms with E-state index in [1.807, 2.05) is 12.3 Å². The van der Waals surface area contributed by atoms with Gasteiger partial charge in [-0.3, -0.25) is 9.59 Å². The number of aromatic nitrogens is 2. The quantitative estimate of drug-likeness (QED) is 0.628. The third-order valence-electron chi connectivity index (χ3n) is 5.34. The number of ether oxygens (including phenoxy) is 1. The van der Waals surface area contributed by atoms with Gasteiger partial charge in [-0.05, 0) is 36.3 Å². The first-order valence-electron chi connectivity index (χ1n) is 9.99. The average molecular weight is 436 g/mol. The van der Waals surface area contributed by atoms with Crippen LogP contribution in [0.2, 0.25) is 0 Å². The van der Waals surface area contributed by atoms with E-state index in [4.69, 9.17) is 4.74 Å². The lowest BCUT2D eigenvalue weighted by Gasteiger charge is -2.25. The van der Waals surface area contributed by atoms with Gasteiger partial charge in [-0.2, -0.15) is 0 Å². The summed E-state index contributed by atoms with van der Waals surface area (Å²) in [4.78, 5) is 46.1. The number of hydrogen-bond donors (Lipinski definition) is 1. The molecule has 1 aliphatic heterocycles. The maximum absolute atomic E-state index is 13.8. The van der Waals surface area contributed by atoms with Crippen LogP contribution in [0.25, 0.3) is 16.6 Å². The maximum Gasteiger partial charge on any atom is 0.418 e. The Morgan fingerprint density at radius 2 is 2.03 bits per heavy atom. The van der Waals surface area contributed by atoms with Gasteiger partial charge >= 0.3 is 6.09 Å². The van der Waals surface area contributed by atoms with Crippen molar-refractivity contribution in [1.29, 1.82) is 0 Å². The lowest BCUT2D eigenvalue weighted by atomic mass is 9.99. The molecule has 3 aromatic rings. The Bertz CT molecular complexity index is 1250. The van der Waals surface area contributed by atoms with Crippen LogP contribution in [0.15, 0.2) is 48.8 Å². The second-order valence-corrected chi connectivity index (χ2v) is 7.36. The number of ketones is 1. The van der Waals surface area contributed by atoms with E-state index < -0.39 is 23.6 Å². The van der Waals surface area contributed by atoms with Gasteiger partial charge in [0.2, 0.25) is 5.78 Å². The second-order valence-electron chi connectivity index (χ2n) is 7.36. The summed E-state index contributed by atoms with van der Waals surface area (Å²) in [6.45, 7) is 2.03. The lowest BCUT2D eigenvalue weighted by Crippen LogP contribution is -2.38. The van der Waals surface area contributed by atoms with Crippen molar-refractivity contribution in [3.05, 3.63) is 60.2 Å². The Hall–Kier alpha value is -4.01. The molecule has 9 heteroatoms. The third kappa shape index (κ3) is 3.96. The van der Waals surface area contributed by atoms with Gasteiger partial charge < -0.3 is 14.6 Å². The normalized spacial score (nSPS) is 13.6. The Morgan fingerprint density at radius 3 is 2.69 bits per heavy atom. The number of benzene rings is 1. The minimum atomic E-state index is -0.677. The van der Waals surface area contributed by atoms with Crippen LogP contribution in [-0.2, 0) is 14.3 Å². The first-order chi connectivity index (χ1) is 15.4. The zero-order valence-corrected chi connectivity index (χ0v) is 17.6. The van der Waals surface area contributed by atoms with Crippen LogP contribution < -0.4 is 4.90 Å². The Balaban J connectivity index is 1.72. The van der Waals surface area contributed by atoms with Crippen molar-refractivity contribution < 1.29 is 23.5 Å². The molecule has 0 spiro atoms. The van der Waals surface area contributed by atoms with Gasteiger partial charge in [0, 0.05) is 37.2 Å². The molecule has 8 nitrogen and oxygen atoms in total. The Labute approximate surface area is 183 Å². The van der Waals surface area contributed by atoms with Crippen LogP contribution in [0.5, 0.6) is 0 Å². The molecule has 0 aliphatic carbocycles. The molecule has 1 aromatic carbocycles. The van der Waals surface area contributed by atoms with Gasteiger partial charge in [-0.25, -0.2) is 19.1 Å². The number of Topliss-reactive ketones (excluding diaryl/α,β-unsaturated/α-hetero) is 1. The molecule has 0 radical (unpaired) electrons. The van der Waals surface area contributed by atoms with Gasteiger partial charge in [-0.1, -0.05) is 12.1 Å². The third-order valence-corrected chi connectivity index (χ3v) is 5.34. The standard InChI is InChI=1S/C23H21FN4O4/c1-14(29)22(30)27-8-6-15(7-9-27)20-13-26-21-19(20)11-18(12-25-21)28(23(31)32-2)17-5-3-4-16(24)10-17/h3-6,10-13H,7-9H2,1-2H3,(H,25,26). The van der Waals surface area contributed by atoms with Crippen LogP contribution in [0, 0.1) is 5.82 Å².